The van der Waals surface area contributed by atoms with Crippen molar-refractivity contribution < 1.29 is 13.2 Å². The normalized spacial score (nSPS) is 11.9. The lowest BCUT2D eigenvalue weighted by Crippen LogP contribution is -2.19. The monoisotopic (exact) mass is 384 g/mol. The van der Waals surface area contributed by atoms with Gasteiger partial charge in [0.05, 0.1) is 5.56 Å². The molecule has 0 amide bonds. The van der Waals surface area contributed by atoms with Gasteiger partial charge in [0.1, 0.15) is 4.60 Å². The van der Waals surface area contributed by atoms with Crippen molar-refractivity contribution in [2.24, 2.45) is 0 Å². The minimum absolute atomic E-state index is 0.421. The molecule has 3 rings (SSSR count). The van der Waals surface area contributed by atoms with Crippen molar-refractivity contribution in [2.75, 3.05) is 11.9 Å². The molecule has 2 heterocycles. The topological polar surface area (TPSA) is 33.4 Å². The van der Waals surface area contributed by atoms with E-state index in [2.05, 4.69) is 25.9 Å². The maximum absolute atomic E-state index is 12.6. The van der Waals surface area contributed by atoms with Gasteiger partial charge in [0.2, 0.25) is 0 Å². The number of halogens is 4. The second-order valence-electron chi connectivity index (χ2n) is 5.10. The third-order valence-corrected chi connectivity index (χ3v) is 3.77. The molecule has 0 aliphatic carbocycles. The Kier molecular flexibility index (Phi) is 4.01. The van der Waals surface area contributed by atoms with Crippen LogP contribution in [-0.4, -0.2) is 21.4 Å². The summed E-state index contributed by atoms with van der Waals surface area (Å²) in [7, 11) is 1.82. The predicted octanol–water partition coefficient (Wildman–Crippen LogP) is 4.15. The molecule has 23 heavy (non-hydrogen) atoms. The molecule has 0 atom stereocenters. The Morgan fingerprint density at radius 1 is 1.22 bits per heavy atom. The van der Waals surface area contributed by atoms with Crippen LogP contribution < -0.4 is 4.90 Å². The standard InChI is InChI=1S/C15H12BrF3N4/c1-22(8-10-2-4-11(5-3-10)15(17,18)19)14-13-20-6-7-23(13)9-12(16)21-14/h2-7,9H,8H2,1H3. The van der Waals surface area contributed by atoms with E-state index in [0.29, 0.717) is 22.6 Å². The molecule has 0 N–H and O–H groups in total. The van der Waals surface area contributed by atoms with Crippen LogP contribution in [-0.2, 0) is 12.7 Å². The summed E-state index contributed by atoms with van der Waals surface area (Å²) < 4.78 is 40.3. The number of alkyl halides is 3. The number of rotatable bonds is 3. The van der Waals surface area contributed by atoms with Crippen molar-refractivity contribution in [2.45, 2.75) is 12.7 Å². The molecule has 3 aromatic rings. The highest BCUT2D eigenvalue weighted by Gasteiger charge is 2.29. The first kappa shape index (κ1) is 15.8. The highest BCUT2D eigenvalue weighted by Crippen LogP contribution is 2.29. The smallest absolute Gasteiger partial charge is 0.352 e. The molecule has 8 heteroatoms. The Hall–Kier alpha value is -2.09. The number of hydrogen-bond acceptors (Lipinski definition) is 3. The fourth-order valence-electron chi connectivity index (χ4n) is 2.29. The minimum Gasteiger partial charge on any atom is -0.352 e. The van der Waals surface area contributed by atoms with Crippen molar-refractivity contribution in [3.05, 3.63) is 58.6 Å². The van der Waals surface area contributed by atoms with Gasteiger partial charge in [-0.25, -0.2) is 9.97 Å². The molecule has 0 aliphatic rings. The molecular formula is C15H12BrF3N4. The van der Waals surface area contributed by atoms with E-state index in [1.54, 1.807) is 18.6 Å². The number of imidazole rings is 1. The Labute approximate surface area is 138 Å². The minimum atomic E-state index is -4.32. The van der Waals surface area contributed by atoms with Crippen molar-refractivity contribution in [3.8, 4) is 0 Å². The van der Waals surface area contributed by atoms with Crippen LogP contribution in [0.3, 0.4) is 0 Å². The Balaban J connectivity index is 1.86. The fourth-order valence-corrected chi connectivity index (χ4v) is 2.68. The van der Waals surface area contributed by atoms with Crippen LogP contribution in [0.25, 0.3) is 5.65 Å². The Morgan fingerprint density at radius 2 is 1.91 bits per heavy atom. The van der Waals surface area contributed by atoms with E-state index < -0.39 is 11.7 Å². The average Bonchev–Trinajstić information content (AvgIpc) is 2.94. The zero-order valence-corrected chi connectivity index (χ0v) is 13.6. The van der Waals surface area contributed by atoms with Gasteiger partial charge in [-0.1, -0.05) is 12.1 Å². The van der Waals surface area contributed by atoms with Gasteiger partial charge in [-0.2, -0.15) is 13.2 Å². The summed E-state index contributed by atoms with van der Waals surface area (Å²) in [6.07, 6.45) is 0.937. The highest BCUT2D eigenvalue weighted by molar-refractivity contribution is 9.10. The van der Waals surface area contributed by atoms with E-state index in [9.17, 15) is 13.2 Å². The molecule has 2 aromatic heterocycles. The van der Waals surface area contributed by atoms with Crippen LogP contribution in [0.4, 0.5) is 19.0 Å². The molecule has 0 saturated heterocycles. The average molecular weight is 385 g/mol. The molecule has 120 valence electrons. The maximum atomic E-state index is 12.6. The Bertz CT molecular complexity index is 827. The largest absolute Gasteiger partial charge is 0.416 e. The van der Waals surface area contributed by atoms with Crippen molar-refractivity contribution in [1.82, 2.24) is 14.4 Å². The van der Waals surface area contributed by atoms with Gasteiger partial charge in [0.15, 0.2) is 11.5 Å². The number of anilines is 1. The van der Waals surface area contributed by atoms with Crippen molar-refractivity contribution in [1.29, 1.82) is 0 Å². The summed E-state index contributed by atoms with van der Waals surface area (Å²) in [6.45, 7) is 0.421. The van der Waals surface area contributed by atoms with Crippen LogP contribution in [0, 0.1) is 0 Å². The van der Waals surface area contributed by atoms with E-state index in [1.165, 1.54) is 12.1 Å². The summed E-state index contributed by atoms with van der Waals surface area (Å²) in [5.74, 6) is 0.643. The van der Waals surface area contributed by atoms with E-state index in [-0.39, 0.29) is 0 Å². The molecule has 0 spiro atoms. The van der Waals surface area contributed by atoms with E-state index in [4.69, 9.17) is 0 Å². The number of benzene rings is 1. The molecule has 0 radical (unpaired) electrons. The van der Waals surface area contributed by atoms with Gasteiger partial charge in [-0.05, 0) is 33.6 Å². The summed E-state index contributed by atoms with van der Waals surface area (Å²) in [4.78, 5) is 10.5. The number of aromatic nitrogens is 3. The molecule has 0 unspecified atom stereocenters. The first-order chi connectivity index (χ1) is 10.8. The zero-order valence-electron chi connectivity index (χ0n) is 12.0. The van der Waals surface area contributed by atoms with Crippen LogP contribution in [0.1, 0.15) is 11.1 Å². The lowest BCUT2D eigenvalue weighted by molar-refractivity contribution is -0.137. The molecule has 1 aromatic carbocycles. The fraction of sp³-hybridized carbons (Fsp3) is 0.200. The highest BCUT2D eigenvalue weighted by atomic mass is 79.9. The number of nitrogens with zero attached hydrogens (tertiary/aromatic N) is 4. The molecule has 0 fully saturated rings. The van der Waals surface area contributed by atoms with Gasteiger partial charge in [0, 0.05) is 32.2 Å². The van der Waals surface area contributed by atoms with Crippen molar-refractivity contribution >= 4 is 27.4 Å². The zero-order chi connectivity index (χ0) is 16.6. The van der Waals surface area contributed by atoms with Gasteiger partial charge in [0.25, 0.3) is 0 Å². The first-order valence-corrected chi connectivity index (χ1v) is 7.50. The predicted molar refractivity (Wildman–Crippen MR) is 84.2 cm³/mol. The van der Waals surface area contributed by atoms with Gasteiger partial charge < -0.3 is 9.30 Å². The van der Waals surface area contributed by atoms with Crippen LogP contribution in [0.5, 0.6) is 0 Å². The number of fused-ring (bicyclic) bond motifs is 1. The van der Waals surface area contributed by atoms with Gasteiger partial charge in [-0.3, -0.25) is 0 Å². The molecule has 0 bridgehead atoms. The lowest BCUT2D eigenvalue weighted by atomic mass is 10.1. The molecule has 4 nitrogen and oxygen atoms in total. The second-order valence-corrected chi connectivity index (χ2v) is 5.91. The maximum Gasteiger partial charge on any atom is 0.416 e. The summed E-state index contributed by atoms with van der Waals surface area (Å²) >= 11 is 3.34. The quantitative estimate of drug-likeness (QED) is 0.680. The van der Waals surface area contributed by atoms with E-state index in [0.717, 1.165) is 17.7 Å². The van der Waals surface area contributed by atoms with E-state index in [1.807, 2.05) is 16.3 Å². The van der Waals surface area contributed by atoms with Gasteiger partial charge >= 0.3 is 6.18 Å². The SMILES string of the molecule is CN(Cc1ccc(C(F)(F)F)cc1)c1nc(Br)cn2ccnc12. The molecule has 0 saturated carbocycles. The third kappa shape index (κ3) is 3.31. The third-order valence-electron chi connectivity index (χ3n) is 3.39. The molecular weight excluding hydrogens is 373 g/mol. The second kappa shape index (κ2) is 5.84. The van der Waals surface area contributed by atoms with Crippen LogP contribution in [0.2, 0.25) is 0 Å². The summed E-state index contributed by atoms with van der Waals surface area (Å²) in [5.41, 5.74) is 0.787. The van der Waals surface area contributed by atoms with E-state index >= 15 is 0 Å². The van der Waals surface area contributed by atoms with Crippen LogP contribution in [0.15, 0.2) is 47.5 Å². The number of hydrogen-bond donors (Lipinski definition) is 0. The van der Waals surface area contributed by atoms with Crippen LogP contribution >= 0.6 is 15.9 Å². The van der Waals surface area contributed by atoms with Crippen molar-refractivity contribution in [3.63, 3.8) is 0 Å². The van der Waals surface area contributed by atoms with Gasteiger partial charge in [-0.15, -0.1) is 0 Å². The molecule has 0 aliphatic heterocycles. The lowest BCUT2D eigenvalue weighted by Gasteiger charge is -2.19. The summed E-state index contributed by atoms with van der Waals surface area (Å²) in [6, 6.07) is 5.12. The Morgan fingerprint density at radius 3 is 2.57 bits per heavy atom. The summed E-state index contributed by atoms with van der Waals surface area (Å²) in [5, 5.41) is 0. The first-order valence-electron chi connectivity index (χ1n) is 6.71.